The summed E-state index contributed by atoms with van der Waals surface area (Å²) in [6.45, 7) is 12.4. The Morgan fingerprint density at radius 2 is 1.83 bits per heavy atom. The summed E-state index contributed by atoms with van der Waals surface area (Å²) in [6.07, 6.45) is 6.25. The van der Waals surface area contributed by atoms with Gasteiger partial charge in [-0.15, -0.1) is 12.4 Å². The van der Waals surface area contributed by atoms with Crippen molar-refractivity contribution >= 4 is 35.9 Å². The Balaban J connectivity index is 0.000000191. The molecule has 2 aromatic rings. The molecule has 0 bridgehead atoms. The van der Waals surface area contributed by atoms with Crippen LogP contribution in [0.4, 0.5) is 0 Å². The lowest BCUT2D eigenvalue weighted by Crippen LogP contribution is -2.49. The smallest absolute Gasteiger partial charge is 0.334 e. The molecule has 0 radical (unpaired) electrons. The second-order valence-electron chi connectivity index (χ2n) is 12.6. The summed E-state index contributed by atoms with van der Waals surface area (Å²) in [4.78, 5) is 28.2. The summed E-state index contributed by atoms with van der Waals surface area (Å²) in [6, 6.07) is 13.1. The van der Waals surface area contributed by atoms with Crippen LogP contribution in [0, 0.1) is 5.92 Å². The number of carbonyl (C=O) groups is 2. The fourth-order valence-electron chi connectivity index (χ4n) is 6.42. The van der Waals surface area contributed by atoms with Crippen LogP contribution in [0.15, 0.2) is 66.3 Å². The number of carbonyl (C=O) groups excluding carboxylic acids is 2. The van der Waals surface area contributed by atoms with Crippen LogP contribution in [-0.2, 0) is 25.6 Å². The zero-order valence-electron chi connectivity index (χ0n) is 26.4. The molecule has 0 N–H and O–H groups in total. The summed E-state index contributed by atoms with van der Waals surface area (Å²) in [5.41, 5.74) is 3.10. The fourth-order valence-corrected chi connectivity index (χ4v) is 6.55. The number of esters is 1. The van der Waals surface area contributed by atoms with Gasteiger partial charge in [0, 0.05) is 49.2 Å². The van der Waals surface area contributed by atoms with Crippen LogP contribution < -0.4 is 14.2 Å². The van der Waals surface area contributed by atoms with Crippen molar-refractivity contribution in [2.24, 2.45) is 5.92 Å². The first-order valence-electron chi connectivity index (χ1n) is 15.7. The van der Waals surface area contributed by atoms with Crippen molar-refractivity contribution in [2.75, 3.05) is 39.6 Å². The number of ether oxygens (including phenoxy) is 5. The van der Waals surface area contributed by atoms with Gasteiger partial charge in [-0.2, -0.15) is 0 Å². The van der Waals surface area contributed by atoms with E-state index in [2.05, 4.69) is 37.5 Å². The molecule has 9 nitrogen and oxygen atoms in total. The van der Waals surface area contributed by atoms with E-state index in [1.54, 1.807) is 24.3 Å². The topological polar surface area (TPSA) is 90.1 Å². The first kappa shape index (κ1) is 34.1. The molecular formula is C35H42Cl2N2O7. The molecule has 248 valence electrons. The van der Waals surface area contributed by atoms with Crippen molar-refractivity contribution in [2.45, 2.75) is 63.9 Å². The third-order valence-electron chi connectivity index (χ3n) is 9.32. The van der Waals surface area contributed by atoms with Crippen LogP contribution >= 0.6 is 24.0 Å². The number of epoxide rings is 1. The first-order valence-corrected chi connectivity index (χ1v) is 16.1. The summed E-state index contributed by atoms with van der Waals surface area (Å²) < 4.78 is 27.6. The number of hydrogen-bond donors (Lipinski definition) is 0. The van der Waals surface area contributed by atoms with Gasteiger partial charge in [-0.3, -0.25) is 9.69 Å². The summed E-state index contributed by atoms with van der Waals surface area (Å²) in [5, 5.41) is 0.646. The van der Waals surface area contributed by atoms with Crippen LogP contribution in [0.3, 0.4) is 0 Å². The summed E-state index contributed by atoms with van der Waals surface area (Å²) in [7, 11) is 0. The van der Waals surface area contributed by atoms with Gasteiger partial charge in [0.05, 0.1) is 5.60 Å². The van der Waals surface area contributed by atoms with Gasteiger partial charge in [-0.1, -0.05) is 35.9 Å². The second-order valence-corrected chi connectivity index (χ2v) is 13.0. The Labute approximate surface area is 281 Å². The van der Waals surface area contributed by atoms with Crippen molar-refractivity contribution in [3.05, 3.63) is 76.9 Å². The Morgan fingerprint density at radius 1 is 1.09 bits per heavy atom. The zero-order valence-corrected chi connectivity index (χ0v) is 27.9. The monoisotopic (exact) mass is 672 g/mol. The van der Waals surface area contributed by atoms with Crippen molar-refractivity contribution in [1.29, 1.82) is 0 Å². The van der Waals surface area contributed by atoms with Crippen molar-refractivity contribution in [3.63, 3.8) is 0 Å². The normalized spacial score (nSPS) is 26.7. The number of hydrogen-bond acceptors (Lipinski definition) is 8. The maximum atomic E-state index is 12.4. The highest BCUT2D eigenvalue weighted by Crippen LogP contribution is 2.49. The zero-order chi connectivity index (χ0) is 31.6. The van der Waals surface area contributed by atoms with E-state index < -0.39 is 0 Å². The molecule has 0 saturated carbocycles. The lowest BCUT2D eigenvalue weighted by Gasteiger charge is -2.34. The summed E-state index contributed by atoms with van der Waals surface area (Å²) >= 11 is 5.85. The third kappa shape index (κ3) is 8.00. The number of halogens is 2. The standard InChI is InChI=1S/C20H21ClN2O4.C15H20O3.ClH/c21-16-2-4-17(5-3-16)25-13-20(24)23-9-7-22(8-10-23)12-15-1-6-18-19(11-15)27-14-26-18;1-9-5-4-8-15(3)13(18-15)12-11(7-6-9)10(2)14(16)17-12;/h1-6,11H,7-10,12-14H2;5,11-13H,2,4,6-8H2,1,3H3;1H. The Morgan fingerprint density at radius 3 is 2.59 bits per heavy atom. The van der Waals surface area contributed by atoms with Crippen molar-refractivity contribution < 1.29 is 33.3 Å². The van der Waals surface area contributed by atoms with E-state index in [9.17, 15) is 9.59 Å². The van der Waals surface area contributed by atoms with Gasteiger partial charge < -0.3 is 28.6 Å². The molecule has 4 aliphatic heterocycles. The van der Waals surface area contributed by atoms with Crippen LogP contribution in [0.1, 0.15) is 45.1 Å². The molecule has 11 heteroatoms. The molecule has 7 rings (SSSR count). The lowest BCUT2D eigenvalue weighted by atomic mass is 9.84. The average molecular weight is 674 g/mol. The first-order chi connectivity index (χ1) is 21.7. The molecule has 4 heterocycles. The van der Waals surface area contributed by atoms with E-state index in [1.807, 2.05) is 17.0 Å². The molecular weight excluding hydrogens is 631 g/mol. The van der Waals surface area contributed by atoms with E-state index in [4.69, 9.17) is 35.3 Å². The number of fused-ring (bicyclic) bond motifs is 4. The molecule has 0 aromatic heterocycles. The van der Waals surface area contributed by atoms with Gasteiger partial charge >= 0.3 is 5.97 Å². The van der Waals surface area contributed by atoms with Gasteiger partial charge in [-0.25, -0.2) is 4.79 Å². The van der Waals surface area contributed by atoms with E-state index >= 15 is 0 Å². The minimum Gasteiger partial charge on any atom is -0.484 e. The highest BCUT2D eigenvalue weighted by Gasteiger charge is 2.61. The average Bonchev–Trinajstić information content (AvgIpc) is 3.33. The van der Waals surface area contributed by atoms with E-state index in [0.717, 1.165) is 56.8 Å². The highest BCUT2D eigenvalue weighted by molar-refractivity contribution is 6.30. The van der Waals surface area contributed by atoms with E-state index in [-0.39, 0.29) is 61.4 Å². The lowest BCUT2D eigenvalue weighted by molar-refractivity contribution is -0.140. The van der Waals surface area contributed by atoms with Crippen LogP contribution in [0.5, 0.6) is 17.2 Å². The Bertz CT molecular complexity index is 1460. The van der Waals surface area contributed by atoms with Gasteiger partial charge in [0.1, 0.15) is 18.0 Å². The molecule has 1 aliphatic carbocycles. The van der Waals surface area contributed by atoms with E-state index in [1.165, 1.54) is 11.1 Å². The molecule has 1 amide bonds. The minimum absolute atomic E-state index is 0. The molecule has 3 fully saturated rings. The SMILES string of the molecule is C=C1C(=O)OC2C1CCC(C)=CCCC1(C)OC21.Cl.O=C(COc1ccc(Cl)cc1)N1CCN(Cc2ccc3c(c2)OCO3)CC1. The Kier molecular flexibility index (Phi) is 10.9. The number of amides is 1. The molecule has 5 aliphatic rings. The predicted molar refractivity (Wildman–Crippen MR) is 177 cm³/mol. The van der Waals surface area contributed by atoms with E-state index in [0.29, 0.717) is 29.4 Å². The number of benzene rings is 2. The van der Waals surface area contributed by atoms with Gasteiger partial charge in [-0.05, 0) is 81.5 Å². The van der Waals surface area contributed by atoms with Gasteiger partial charge in [0.15, 0.2) is 18.1 Å². The molecule has 2 aromatic carbocycles. The summed E-state index contributed by atoms with van der Waals surface area (Å²) in [5.74, 6) is 2.16. The second kappa shape index (κ2) is 14.7. The van der Waals surface area contributed by atoms with Crippen LogP contribution in [-0.4, -0.2) is 79.1 Å². The number of rotatable bonds is 5. The van der Waals surface area contributed by atoms with Crippen LogP contribution in [0.25, 0.3) is 0 Å². The molecule has 4 unspecified atom stereocenters. The van der Waals surface area contributed by atoms with Crippen molar-refractivity contribution in [3.8, 4) is 17.2 Å². The number of nitrogens with zero attached hydrogens (tertiary/aromatic N) is 2. The largest absolute Gasteiger partial charge is 0.484 e. The maximum Gasteiger partial charge on any atom is 0.334 e. The third-order valence-corrected chi connectivity index (χ3v) is 9.57. The van der Waals surface area contributed by atoms with Gasteiger partial charge in [0.25, 0.3) is 5.91 Å². The highest BCUT2D eigenvalue weighted by atomic mass is 35.5. The quantitative estimate of drug-likeness (QED) is 0.166. The molecule has 46 heavy (non-hydrogen) atoms. The molecule has 3 saturated heterocycles. The number of allylic oxidation sites excluding steroid dienone is 2. The Hall–Kier alpha value is -3.24. The van der Waals surface area contributed by atoms with Crippen molar-refractivity contribution in [1.82, 2.24) is 9.80 Å². The maximum absolute atomic E-state index is 12.4. The molecule has 0 spiro atoms. The van der Waals surface area contributed by atoms with Crippen LogP contribution in [0.2, 0.25) is 5.02 Å². The predicted octanol–water partition coefficient (Wildman–Crippen LogP) is 5.98. The minimum atomic E-state index is -0.233. The van der Waals surface area contributed by atoms with Gasteiger partial charge in [0.2, 0.25) is 6.79 Å². The fraction of sp³-hybridized carbons (Fsp3) is 0.486. The number of piperazine rings is 1. The molecule has 4 atom stereocenters.